The van der Waals surface area contributed by atoms with E-state index in [1.54, 1.807) is 0 Å². The van der Waals surface area contributed by atoms with Crippen molar-refractivity contribution in [1.29, 1.82) is 0 Å². The minimum absolute atomic E-state index is 0.296. The molecule has 0 amide bonds. The van der Waals surface area contributed by atoms with Gasteiger partial charge in [0.05, 0.1) is 0 Å². The van der Waals surface area contributed by atoms with Crippen LogP contribution < -0.4 is 0 Å². The number of rotatable bonds is 15. The van der Waals surface area contributed by atoms with Gasteiger partial charge in [-0.15, -0.1) is 11.6 Å². The fraction of sp³-hybridized carbons (Fsp3) is 1.00. The van der Waals surface area contributed by atoms with E-state index in [9.17, 15) is 0 Å². The maximum Gasteiger partial charge on any atom is 0.146 e. The monoisotopic (exact) mass is 320 g/mol. The van der Waals surface area contributed by atoms with Crippen LogP contribution in [-0.4, -0.2) is 25.4 Å². The second kappa shape index (κ2) is 15.1. The molecule has 2 nitrogen and oxygen atoms in total. The summed E-state index contributed by atoms with van der Waals surface area (Å²) in [7, 11) is 0. The van der Waals surface area contributed by atoms with Gasteiger partial charge in [0.15, 0.2) is 0 Å². The van der Waals surface area contributed by atoms with Crippen molar-refractivity contribution in [3.8, 4) is 0 Å². The van der Waals surface area contributed by atoms with Gasteiger partial charge in [0, 0.05) is 18.6 Å². The molecule has 128 valence electrons. The summed E-state index contributed by atoms with van der Waals surface area (Å²) < 4.78 is 11.0. The minimum atomic E-state index is 0.296. The minimum Gasteiger partial charge on any atom is -0.355 e. The van der Waals surface area contributed by atoms with Gasteiger partial charge in [-0.05, 0) is 50.9 Å². The molecule has 0 heterocycles. The summed E-state index contributed by atoms with van der Waals surface area (Å²) in [5.74, 6) is 1.48. The van der Waals surface area contributed by atoms with Crippen LogP contribution in [0.25, 0.3) is 0 Å². The lowest BCUT2D eigenvalue weighted by Crippen LogP contribution is -2.09. The normalized spacial score (nSPS) is 15.9. The van der Waals surface area contributed by atoms with Crippen LogP contribution in [0.15, 0.2) is 0 Å². The first-order valence-corrected chi connectivity index (χ1v) is 9.29. The quantitative estimate of drug-likeness (QED) is 0.209. The van der Waals surface area contributed by atoms with Crippen molar-refractivity contribution in [3.05, 3.63) is 0 Å². The van der Waals surface area contributed by atoms with Crippen molar-refractivity contribution in [1.82, 2.24) is 0 Å². The Kier molecular flexibility index (Phi) is 15.3. The zero-order valence-electron chi connectivity index (χ0n) is 14.7. The molecule has 0 radical (unpaired) electrons. The maximum atomic E-state index is 6.04. The Bertz CT molecular complexity index is 209. The molecular weight excluding hydrogens is 284 g/mol. The van der Waals surface area contributed by atoms with Crippen molar-refractivity contribution in [2.24, 2.45) is 11.8 Å². The third kappa shape index (κ3) is 16.4. The number of hydrogen-bond donors (Lipinski definition) is 0. The molecule has 0 aromatic carbocycles. The van der Waals surface area contributed by atoms with Gasteiger partial charge in [-0.1, -0.05) is 40.0 Å². The molecule has 0 aliphatic rings. The number of alkyl halides is 1. The molecule has 0 rings (SSSR count). The van der Waals surface area contributed by atoms with E-state index < -0.39 is 0 Å². The summed E-state index contributed by atoms with van der Waals surface area (Å²) >= 11 is 6.04. The third-order valence-corrected chi connectivity index (χ3v) is 4.00. The first-order chi connectivity index (χ1) is 10.1. The van der Waals surface area contributed by atoms with Crippen LogP contribution in [0.4, 0.5) is 0 Å². The first-order valence-electron chi connectivity index (χ1n) is 8.85. The Morgan fingerprint density at radius 2 is 1.48 bits per heavy atom. The van der Waals surface area contributed by atoms with Crippen molar-refractivity contribution >= 4 is 11.6 Å². The van der Waals surface area contributed by atoms with Crippen molar-refractivity contribution in [3.63, 3.8) is 0 Å². The van der Waals surface area contributed by atoms with Gasteiger partial charge >= 0.3 is 0 Å². The second-order valence-electron chi connectivity index (χ2n) is 6.60. The molecule has 0 saturated heterocycles. The second-order valence-corrected chi connectivity index (χ2v) is 7.34. The number of halogens is 1. The van der Waals surface area contributed by atoms with Gasteiger partial charge in [0.2, 0.25) is 0 Å². The molecule has 0 aliphatic carbocycles. The standard InChI is InChI=1S/C18H37ClO2/c1-5-6-7-8-11-20-15-21-12-9-10-16(2)13-17(3)14-18(4)19/h16-18H,5-15H2,1-4H3. The molecule has 0 spiro atoms. The summed E-state index contributed by atoms with van der Waals surface area (Å²) in [4.78, 5) is 0. The number of unbranched alkanes of at least 4 members (excludes halogenated alkanes) is 3. The molecular formula is C18H37ClO2. The van der Waals surface area contributed by atoms with Crippen molar-refractivity contribution in [2.45, 2.75) is 84.4 Å². The average Bonchev–Trinajstić information content (AvgIpc) is 2.39. The van der Waals surface area contributed by atoms with Crippen LogP contribution in [0.2, 0.25) is 0 Å². The molecule has 3 unspecified atom stereocenters. The van der Waals surface area contributed by atoms with Gasteiger partial charge in [-0.25, -0.2) is 0 Å². The van der Waals surface area contributed by atoms with Gasteiger partial charge < -0.3 is 9.47 Å². The highest BCUT2D eigenvalue weighted by Crippen LogP contribution is 2.21. The Morgan fingerprint density at radius 3 is 2.10 bits per heavy atom. The van der Waals surface area contributed by atoms with Crippen LogP contribution >= 0.6 is 11.6 Å². The maximum absolute atomic E-state index is 6.04. The lowest BCUT2D eigenvalue weighted by atomic mass is 9.91. The lowest BCUT2D eigenvalue weighted by molar-refractivity contribution is -0.0561. The topological polar surface area (TPSA) is 18.5 Å². The molecule has 0 bridgehead atoms. The zero-order chi connectivity index (χ0) is 15.9. The Hall–Kier alpha value is 0.210. The van der Waals surface area contributed by atoms with Crippen LogP contribution in [-0.2, 0) is 9.47 Å². The predicted molar refractivity (Wildman–Crippen MR) is 93.0 cm³/mol. The van der Waals surface area contributed by atoms with Gasteiger partial charge in [0.25, 0.3) is 0 Å². The van der Waals surface area contributed by atoms with E-state index in [-0.39, 0.29) is 0 Å². The summed E-state index contributed by atoms with van der Waals surface area (Å²) in [5, 5.41) is 0.296. The smallest absolute Gasteiger partial charge is 0.146 e. The predicted octanol–water partition coefficient (Wildman–Crippen LogP) is 6.02. The van der Waals surface area contributed by atoms with Crippen LogP contribution in [0.5, 0.6) is 0 Å². The highest BCUT2D eigenvalue weighted by molar-refractivity contribution is 6.20. The molecule has 21 heavy (non-hydrogen) atoms. The zero-order valence-corrected chi connectivity index (χ0v) is 15.5. The van der Waals surface area contributed by atoms with E-state index in [4.69, 9.17) is 21.1 Å². The highest BCUT2D eigenvalue weighted by atomic mass is 35.5. The van der Waals surface area contributed by atoms with Gasteiger partial charge in [0.1, 0.15) is 6.79 Å². The van der Waals surface area contributed by atoms with Gasteiger partial charge in [-0.2, -0.15) is 0 Å². The molecule has 0 aromatic heterocycles. The molecule has 0 fully saturated rings. The van der Waals surface area contributed by atoms with Crippen LogP contribution in [0, 0.1) is 11.8 Å². The number of ether oxygens (including phenoxy) is 2. The lowest BCUT2D eigenvalue weighted by Gasteiger charge is -2.18. The first kappa shape index (κ1) is 21.2. The average molecular weight is 321 g/mol. The SMILES string of the molecule is CCCCCCOCOCCCC(C)CC(C)CC(C)Cl. The van der Waals surface area contributed by atoms with E-state index in [0.717, 1.165) is 44.3 Å². The van der Waals surface area contributed by atoms with E-state index >= 15 is 0 Å². The van der Waals surface area contributed by atoms with Crippen molar-refractivity contribution in [2.75, 3.05) is 20.0 Å². The summed E-state index contributed by atoms with van der Waals surface area (Å²) in [6, 6.07) is 0. The largest absolute Gasteiger partial charge is 0.355 e. The molecule has 0 N–H and O–H groups in total. The molecule has 0 aromatic rings. The Morgan fingerprint density at radius 1 is 0.810 bits per heavy atom. The van der Waals surface area contributed by atoms with E-state index in [2.05, 4.69) is 27.7 Å². The third-order valence-electron chi connectivity index (χ3n) is 3.83. The van der Waals surface area contributed by atoms with Crippen LogP contribution in [0.3, 0.4) is 0 Å². The summed E-state index contributed by atoms with van der Waals surface area (Å²) in [6.45, 7) is 11.1. The van der Waals surface area contributed by atoms with Crippen molar-refractivity contribution < 1.29 is 9.47 Å². The van der Waals surface area contributed by atoms with E-state index in [1.165, 1.54) is 32.1 Å². The molecule has 3 heteroatoms. The van der Waals surface area contributed by atoms with E-state index in [0.29, 0.717) is 12.2 Å². The van der Waals surface area contributed by atoms with E-state index in [1.807, 2.05) is 0 Å². The molecule has 0 saturated carbocycles. The van der Waals surface area contributed by atoms with Gasteiger partial charge in [-0.3, -0.25) is 0 Å². The van der Waals surface area contributed by atoms with Crippen LogP contribution in [0.1, 0.15) is 79.1 Å². The molecule has 0 aliphatic heterocycles. The summed E-state index contributed by atoms with van der Waals surface area (Å²) in [5.41, 5.74) is 0. The highest BCUT2D eigenvalue weighted by Gasteiger charge is 2.11. The fourth-order valence-electron chi connectivity index (χ4n) is 2.80. The Labute approximate surface area is 137 Å². The Balaban J connectivity index is 3.26. The molecule has 3 atom stereocenters. The fourth-order valence-corrected chi connectivity index (χ4v) is 3.10. The summed E-state index contributed by atoms with van der Waals surface area (Å²) in [6.07, 6.45) is 9.76. The number of hydrogen-bond acceptors (Lipinski definition) is 2.